The van der Waals surface area contributed by atoms with E-state index < -0.39 is 30.1 Å². The lowest BCUT2D eigenvalue weighted by Crippen LogP contribution is -2.23. The molecule has 0 saturated heterocycles. The fourth-order valence-corrected chi connectivity index (χ4v) is 5.34. The van der Waals surface area contributed by atoms with Crippen molar-refractivity contribution in [2.45, 2.75) is 41.1 Å². The zero-order valence-corrected chi connectivity index (χ0v) is 18.3. The lowest BCUT2D eigenvalue weighted by Gasteiger charge is -2.07. The van der Waals surface area contributed by atoms with Crippen molar-refractivity contribution < 1.29 is 30.0 Å². The van der Waals surface area contributed by atoms with Crippen LogP contribution in [0.5, 0.6) is 0 Å². The molecule has 4 rings (SSSR count). The van der Waals surface area contributed by atoms with Gasteiger partial charge in [-0.2, -0.15) is 13.2 Å². The van der Waals surface area contributed by atoms with Crippen molar-refractivity contribution in [2.24, 2.45) is 14.1 Å². The Balaban J connectivity index is 1.96. The highest BCUT2D eigenvalue weighted by Gasteiger charge is 2.47. The molecule has 0 radical (unpaired) electrons. The van der Waals surface area contributed by atoms with Crippen LogP contribution in [-0.4, -0.2) is 52.2 Å². The number of alkyl halides is 3. The maximum Gasteiger partial charge on any atom is 0.501 e. The number of aryl methyl sites for hydroxylation is 1. The molecule has 0 N–H and O–H groups in total. The Kier molecular flexibility index (Phi) is 4.74. The molecule has 0 aliphatic heterocycles. The van der Waals surface area contributed by atoms with Gasteiger partial charge in [-0.3, -0.25) is 0 Å². The van der Waals surface area contributed by atoms with Gasteiger partial charge in [0.25, 0.3) is 9.84 Å². The van der Waals surface area contributed by atoms with Gasteiger partial charge in [0.2, 0.25) is 0 Å². The van der Waals surface area contributed by atoms with E-state index in [0.717, 1.165) is 18.9 Å². The van der Waals surface area contributed by atoms with Crippen LogP contribution in [0, 0.1) is 0 Å². The van der Waals surface area contributed by atoms with Crippen molar-refractivity contribution in [3.05, 3.63) is 18.1 Å². The van der Waals surface area contributed by atoms with Crippen LogP contribution in [0.15, 0.2) is 22.2 Å². The molecule has 0 spiro atoms. The quantitative estimate of drug-likeness (QED) is 0.554. The van der Waals surface area contributed by atoms with Gasteiger partial charge in [0, 0.05) is 26.2 Å². The normalized spacial score (nSPS) is 15.7. The summed E-state index contributed by atoms with van der Waals surface area (Å²) in [7, 11) is -6.22. The molecular formula is C17H18F3N5O4S2. The second-order valence-corrected chi connectivity index (χ2v) is 11.5. The number of sulfone groups is 2. The van der Waals surface area contributed by atoms with Crippen molar-refractivity contribution in [1.29, 1.82) is 0 Å². The second-order valence-electron chi connectivity index (χ2n) is 7.32. The topological polar surface area (TPSA) is 117 Å². The first-order valence-electron chi connectivity index (χ1n) is 9.23. The summed E-state index contributed by atoms with van der Waals surface area (Å²) >= 11 is 0. The molecule has 3 heterocycles. The number of hydrogen-bond acceptors (Lipinski definition) is 7. The van der Waals surface area contributed by atoms with Gasteiger partial charge in [0.1, 0.15) is 17.0 Å². The molecular weight excluding hydrogens is 459 g/mol. The van der Waals surface area contributed by atoms with Crippen LogP contribution in [0.3, 0.4) is 0 Å². The summed E-state index contributed by atoms with van der Waals surface area (Å²) < 4.78 is 90.6. The average Bonchev–Trinajstić information content (AvgIpc) is 3.39. The molecule has 0 atom stereocenters. The third kappa shape index (κ3) is 3.32. The summed E-state index contributed by atoms with van der Waals surface area (Å²) in [6.07, 6.45) is 2.35. The summed E-state index contributed by atoms with van der Waals surface area (Å²) in [5, 5.41) is -0.0431. The van der Waals surface area contributed by atoms with Crippen molar-refractivity contribution in [2.75, 3.05) is 5.75 Å². The lowest BCUT2D eigenvalue weighted by molar-refractivity contribution is -0.0436. The number of halogens is 3. The standard InChI is InChI=1S/C17H18F3N5O4S2/c1-4-30(26,27)16-12(23-13(25(16)3)9-5-6-9)15-22-11-7-10(8-21-14(11)24(15)2)31(28,29)17(18,19)20/h7-9H,4-6H2,1-3H3. The minimum Gasteiger partial charge on any atom is -0.321 e. The van der Waals surface area contributed by atoms with Gasteiger partial charge in [-0.15, -0.1) is 0 Å². The predicted molar refractivity (Wildman–Crippen MR) is 104 cm³/mol. The first-order chi connectivity index (χ1) is 14.3. The van der Waals surface area contributed by atoms with E-state index in [-0.39, 0.29) is 39.4 Å². The minimum absolute atomic E-state index is 0.0431. The van der Waals surface area contributed by atoms with Gasteiger partial charge < -0.3 is 9.13 Å². The van der Waals surface area contributed by atoms with Gasteiger partial charge >= 0.3 is 5.51 Å². The smallest absolute Gasteiger partial charge is 0.321 e. The van der Waals surface area contributed by atoms with Gasteiger partial charge in [-0.1, -0.05) is 6.92 Å². The van der Waals surface area contributed by atoms with Crippen LogP contribution in [0.1, 0.15) is 31.5 Å². The van der Waals surface area contributed by atoms with Gasteiger partial charge in [-0.05, 0) is 18.9 Å². The minimum atomic E-state index is -5.60. The number of imidazole rings is 2. The molecule has 0 amide bonds. The molecule has 14 heteroatoms. The van der Waals surface area contributed by atoms with Crippen molar-refractivity contribution in [1.82, 2.24) is 24.1 Å². The number of rotatable bonds is 5. The number of pyridine rings is 1. The number of aromatic nitrogens is 5. The SMILES string of the molecule is CCS(=O)(=O)c1c(-c2nc3cc(S(=O)(=O)C(F)(F)F)cnc3n2C)nc(C2CC2)n1C. The molecule has 0 aromatic carbocycles. The maximum absolute atomic E-state index is 12.9. The number of fused-ring (bicyclic) bond motifs is 1. The zero-order valence-electron chi connectivity index (χ0n) is 16.7. The molecule has 1 aliphatic carbocycles. The van der Waals surface area contributed by atoms with E-state index in [1.807, 2.05) is 0 Å². The van der Waals surface area contributed by atoms with Crippen LogP contribution in [0.2, 0.25) is 0 Å². The molecule has 1 saturated carbocycles. The van der Waals surface area contributed by atoms with E-state index in [4.69, 9.17) is 0 Å². The Labute approximate surface area is 175 Å². The van der Waals surface area contributed by atoms with Gasteiger partial charge in [0.15, 0.2) is 26.3 Å². The Morgan fingerprint density at radius 1 is 1.10 bits per heavy atom. The van der Waals surface area contributed by atoms with Crippen LogP contribution >= 0.6 is 0 Å². The molecule has 31 heavy (non-hydrogen) atoms. The maximum atomic E-state index is 12.9. The van der Waals surface area contributed by atoms with Crippen molar-refractivity contribution in [3.63, 3.8) is 0 Å². The highest BCUT2D eigenvalue weighted by Crippen LogP contribution is 2.42. The van der Waals surface area contributed by atoms with Crippen molar-refractivity contribution >= 4 is 30.8 Å². The number of hydrogen-bond donors (Lipinski definition) is 0. The summed E-state index contributed by atoms with van der Waals surface area (Å²) in [6, 6.07) is 0.771. The third-order valence-corrected chi connectivity index (χ3v) is 8.47. The molecule has 3 aromatic rings. The molecule has 3 aromatic heterocycles. The Bertz CT molecular complexity index is 1420. The van der Waals surface area contributed by atoms with Crippen LogP contribution in [0.4, 0.5) is 13.2 Å². The summed E-state index contributed by atoms with van der Waals surface area (Å²) in [5.74, 6) is 0.599. The van der Waals surface area contributed by atoms with Gasteiger partial charge in [0.05, 0.1) is 10.6 Å². The summed E-state index contributed by atoms with van der Waals surface area (Å²) in [5.41, 5.74) is -5.45. The predicted octanol–water partition coefficient (Wildman–Crippen LogP) is 2.33. The summed E-state index contributed by atoms with van der Waals surface area (Å²) in [6.45, 7) is 1.49. The largest absolute Gasteiger partial charge is 0.501 e. The van der Waals surface area contributed by atoms with Crippen LogP contribution < -0.4 is 0 Å². The van der Waals surface area contributed by atoms with E-state index in [1.54, 1.807) is 7.05 Å². The zero-order chi connectivity index (χ0) is 22.9. The fourth-order valence-electron chi connectivity index (χ4n) is 3.40. The van der Waals surface area contributed by atoms with E-state index in [1.165, 1.54) is 23.1 Å². The lowest BCUT2D eigenvalue weighted by atomic mass is 10.4. The van der Waals surface area contributed by atoms with E-state index in [2.05, 4.69) is 15.0 Å². The van der Waals surface area contributed by atoms with E-state index in [9.17, 15) is 30.0 Å². The Hall–Kier alpha value is -2.48. The second kappa shape index (κ2) is 6.76. The molecule has 168 valence electrons. The van der Waals surface area contributed by atoms with Gasteiger partial charge in [-0.25, -0.2) is 31.8 Å². The summed E-state index contributed by atoms with van der Waals surface area (Å²) in [4.78, 5) is 11.5. The first-order valence-corrected chi connectivity index (χ1v) is 12.4. The van der Waals surface area contributed by atoms with E-state index >= 15 is 0 Å². The molecule has 9 nitrogen and oxygen atoms in total. The van der Waals surface area contributed by atoms with Crippen LogP contribution in [-0.2, 0) is 33.8 Å². The monoisotopic (exact) mass is 477 g/mol. The Morgan fingerprint density at radius 2 is 1.74 bits per heavy atom. The molecule has 0 bridgehead atoms. The van der Waals surface area contributed by atoms with Crippen molar-refractivity contribution in [3.8, 4) is 11.5 Å². The number of nitrogens with zero attached hydrogens (tertiary/aromatic N) is 5. The Morgan fingerprint density at radius 3 is 2.29 bits per heavy atom. The van der Waals surface area contributed by atoms with Crippen LogP contribution in [0.25, 0.3) is 22.7 Å². The average molecular weight is 477 g/mol. The molecule has 0 unspecified atom stereocenters. The highest BCUT2D eigenvalue weighted by molar-refractivity contribution is 7.92. The molecule has 1 aliphatic rings. The highest BCUT2D eigenvalue weighted by atomic mass is 32.2. The van der Waals surface area contributed by atoms with E-state index in [0.29, 0.717) is 12.0 Å². The third-order valence-electron chi connectivity index (χ3n) is 5.21. The fraction of sp³-hybridized carbons (Fsp3) is 0.471. The first kappa shape index (κ1) is 21.7. The molecule has 1 fully saturated rings.